The third-order valence-corrected chi connectivity index (χ3v) is 2.04. The molecule has 0 unspecified atom stereocenters. The highest BCUT2D eigenvalue weighted by Gasteiger charge is 2.07. The van der Waals surface area contributed by atoms with Crippen LogP contribution in [0, 0.1) is 24.1 Å². The van der Waals surface area contributed by atoms with Gasteiger partial charge in [-0.15, -0.1) is 0 Å². The second-order valence-electron chi connectivity index (χ2n) is 2.94. The summed E-state index contributed by atoms with van der Waals surface area (Å²) in [6.07, 6.45) is 0. The lowest BCUT2D eigenvalue weighted by Crippen LogP contribution is -1.74. The van der Waals surface area contributed by atoms with Crippen molar-refractivity contribution in [1.29, 1.82) is 5.26 Å². The first kappa shape index (κ1) is 7.81. The zero-order valence-electron chi connectivity index (χ0n) is 7.06. The van der Waals surface area contributed by atoms with Crippen molar-refractivity contribution in [3.8, 4) is 6.07 Å². The molecule has 1 aromatic carbocycles. The minimum atomic E-state index is -0.237. The first-order valence-corrected chi connectivity index (χ1v) is 3.90. The summed E-state index contributed by atoms with van der Waals surface area (Å²) in [5, 5.41) is 9.15. The molecular formula is C10H7FN2. The van der Waals surface area contributed by atoms with Crippen molar-refractivity contribution in [1.82, 2.24) is 4.98 Å². The second kappa shape index (κ2) is 2.60. The van der Waals surface area contributed by atoms with Crippen LogP contribution in [0.1, 0.15) is 11.3 Å². The first-order chi connectivity index (χ1) is 6.22. The lowest BCUT2D eigenvalue weighted by molar-refractivity contribution is 0.629. The van der Waals surface area contributed by atoms with Crippen LogP contribution in [0.15, 0.2) is 18.2 Å². The molecule has 64 valence electrons. The Morgan fingerprint density at radius 1 is 1.46 bits per heavy atom. The van der Waals surface area contributed by atoms with Crippen LogP contribution in [0.25, 0.3) is 10.9 Å². The highest BCUT2D eigenvalue weighted by molar-refractivity contribution is 5.82. The van der Waals surface area contributed by atoms with Gasteiger partial charge in [-0.2, -0.15) is 5.26 Å². The summed E-state index contributed by atoms with van der Waals surface area (Å²) >= 11 is 0. The molecule has 1 N–H and O–H groups in total. The fourth-order valence-corrected chi connectivity index (χ4v) is 1.37. The third kappa shape index (κ3) is 1.07. The molecule has 0 bridgehead atoms. The number of aromatic amines is 1. The number of benzene rings is 1. The number of nitrogens with zero attached hydrogens (tertiary/aromatic N) is 1. The molecule has 0 radical (unpaired) electrons. The summed E-state index contributed by atoms with van der Waals surface area (Å²) in [7, 11) is 0. The molecule has 0 saturated carbocycles. The molecule has 1 aromatic heterocycles. The van der Waals surface area contributed by atoms with Gasteiger partial charge in [-0.05, 0) is 25.1 Å². The van der Waals surface area contributed by atoms with E-state index >= 15 is 0 Å². The van der Waals surface area contributed by atoms with Gasteiger partial charge in [-0.3, -0.25) is 0 Å². The fourth-order valence-electron chi connectivity index (χ4n) is 1.37. The lowest BCUT2D eigenvalue weighted by Gasteiger charge is -1.89. The number of hydrogen-bond donors (Lipinski definition) is 1. The Balaban J connectivity index is 2.82. The smallest absolute Gasteiger partial charge is 0.151 e. The van der Waals surface area contributed by atoms with Crippen molar-refractivity contribution in [3.05, 3.63) is 35.3 Å². The van der Waals surface area contributed by atoms with Crippen LogP contribution in [-0.4, -0.2) is 4.98 Å². The molecule has 0 aliphatic carbocycles. The second-order valence-corrected chi connectivity index (χ2v) is 2.94. The summed E-state index contributed by atoms with van der Waals surface area (Å²) in [6.45, 7) is 1.67. The summed E-state index contributed by atoms with van der Waals surface area (Å²) in [5.74, 6) is -0.237. The average Bonchev–Trinajstić information content (AvgIpc) is 2.42. The van der Waals surface area contributed by atoms with Gasteiger partial charge in [0, 0.05) is 16.6 Å². The third-order valence-electron chi connectivity index (χ3n) is 2.04. The maximum atomic E-state index is 13.3. The van der Waals surface area contributed by atoms with E-state index in [0.29, 0.717) is 22.2 Å². The van der Waals surface area contributed by atoms with Crippen LogP contribution in [0.4, 0.5) is 4.39 Å². The van der Waals surface area contributed by atoms with Gasteiger partial charge in [-0.25, -0.2) is 4.39 Å². The van der Waals surface area contributed by atoms with Crippen LogP contribution < -0.4 is 0 Å². The van der Waals surface area contributed by atoms with Gasteiger partial charge in [0.25, 0.3) is 0 Å². The molecule has 0 atom stereocenters. The molecule has 0 amide bonds. The maximum absolute atomic E-state index is 13.3. The number of nitrogens with one attached hydrogen (secondary N) is 1. The lowest BCUT2D eigenvalue weighted by atomic mass is 10.2. The zero-order chi connectivity index (χ0) is 9.42. The predicted molar refractivity (Wildman–Crippen MR) is 47.7 cm³/mol. The topological polar surface area (TPSA) is 39.6 Å². The predicted octanol–water partition coefficient (Wildman–Crippen LogP) is 2.49. The Morgan fingerprint density at radius 3 is 2.92 bits per heavy atom. The van der Waals surface area contributed by atoms with Crippen molar-refractivity contribution in [3.63, 3.8) is 0 Å². The van der Waals surface area contributed by atoms with Gasteiger partial charge in [0.1, 0.15) is 0 Å². The van der Waals surface area contributed by atoms with Gasteiger partial charge in [-0.1, -0.05) is 0 Å². The summed E-state index contributed by atoms with van der Waals surface area (Å²) < 4.78 is 13.3. The van der Waals surface area contributed by atoms with E-state index in [-0.39, 0.29) is 5.82 Å². The molecule has 2 rings (SSSR count). The summed E-state index contributed by atoms with van der Waals surface area (Å²) in [4.78, 5) is 2.88. The Hall–Kier alpha value is -1.82. The van der Waals surface area contributed by atoms with Crippen LogP contribution in [-0.2, 0) is 0 Å². The van der Waals surface area contributed by atoms with Crippen LogP contribution in [0.5, 0.6) is 0 Å². The fraction of sp³-hybridized carbons (Fsp3) is 0.100. The minimum Gasteiger partial charge on any atom is -0.356 e. The number of H-pyrrole nitrogens is 1. The number of aryl methyl sites for hydroxylation is 1. The van der Waals surface area contributed by atoms with Gasteiger partial charge in [0.05, 0.1) is 11.6 Å². The van der Waals surface area contributed by atoms with Crippen LogP contribution >= 0.6 is 0 Å². The molecule has 0 fully saturated rings. The number of halogens is 1. The van der Waals surface area contributed by atoms with E-state index in [1.165, 1.54) is 0 Å². The number of fused-ring (bicyclic) bond motifs is 1. The van der Waals surface area contributed by atoms with Crippen molar-refractivity contribution in [2.75, 3.05) is 0 Å². The zero-order valence-corrected chi connectivity index (χ0v) is 7.06. The SMILES string of the molecule is Cc1[nH]c2cc(C#N)ccc2c1F. The Kier molecular flexibility index (Phi) is 1.56. The van der Waals surface area contributed by atoms with E-state index in [0.717, 1.165) is 0 Å². The van der Waals surface area contributed by atoms with E-state index < -0.39 is 0 Å². The molecule has 0 spiro atoms. The van der Waals surface area contributed by atoms with E-state index in [4.69, 9.17) is 5.26 Å². The van der Waals surface area contributed by atoms with Crippen molar-refractivity contribution in [2.24, 2.45) is 0 Å². The Bertz CT molecular complexity index is 505. The van der Waals surface area contributed by atoms with Crippen LogP contribution in [0.2, 0.25) is 0 Å². The summed E-state index contributed by atoms with van der Waals surface area (Å²) in [6, 6.07) is 6.88. The normalized spacial score (nSPS) is 10.2. The van der Waals surface area contributed by atoms with Gasteiger partial charge < -0.3 is 4.98 Å². The molecule has 0 aliphatic rings. The number of nitriles is 1. The number of hydrogen-bond acceptors (Lipinski definition) is 1. The Labute approximate surface area is 74.6 Å². The van der Waals surface area contributed by atoms with E-state index in [1.807, 2.05) is 6.07 Å². The largest absolute Gasteiger partial charge is 0.356 e. The molecule has 3 heteroatoms. The highest BCUT2D eigenvalue weighted by atomic mass is 19.1. The van der Waals surface area contributed by atoms with E-state index in [2.05, 4.69) is 4.98 Å². The van der Waals surface area contributed by atoms with Gasteiger partial charge in [0.2, 0.25) is 0 Å². The van der Waals surface area contributed by atoms with Crippen molar-refractivity contribution >= 4 is 10.9 Å². The summed E-state index contributed by atoms with van der Waals surface area (Å²) in [5.41, 5.74) is 1.72. The molecule has 2 nitrogen and oxygen atoms in total. The minimum absolute atomic E-state index is 0.237. The first-order valence-electron chi connectivity index (χ1n) is 3.90. The van der Waals surface area contributed by atoms with Crippen LogP contribution in [0.3, 0.4) is 0 Å². The number of aromatic nitrogens is 1. The standard InChI is InChI=1S/C10H7FN2/c1-6-10(11)8-3-2-7(5-12)4-9(8)13-6/h2-4,13H,1H3. The molecule has 13 heavy (non-hydrogen) atoms. The Morgan fingerprint density at radius 2 is 2.23 bits per heavy atom. The van der Waals surface area contributed by atoms with Gasteiger partial charge >= 0.3 is 0 Å². The maximum Gasteiger partial charge on any atom is 0.151 e. The molecule has 0 aliphatic heterocycles. The van der Waals surface area contributed by atoms with Gasteiger partial charge in [0.15, 0.2) is 5.82 Å². The molecule has 0 saturated heterocycles. The quantitative estimate of drug-likeness (QED) is 0.654. The highest BCUT2D eigenvalue weighted by Crippen LogP contribution is 2.20. The molecule has 2 aromatic rings. The molecule has 1 heterocycles. The van der Waals surface area contributed by atoms with Crippen molar-refractivity contribution in [2.45, 2.75) is 6.92 Å². The molecular weight excluding hydrogens is 167 g/mol. The average molecular weight is 174 g/mol. The van der Waals surface area contributed by atoms with Crippen molar-refractivity contribution < 1.29 is 4.39 Å². The monoisotopic (exact) mass is 174 g/mol. The van der Waals surface area contributed by atoms with E-state index in [9.17, 15) is 4.39 Å². The van der Waals surface area contributed by atoms with E-state index in [1.54, 1.807) is 25.1 Å². The number of rotatable bonds is 0.